The Morgan fingerprint density at radius 2 is 2.10 bits per heavy atom. The summed E-state index contributed by atoms with van der Waals surface area (Å²) in [6.45, 7) is 4.72. The lowest BCUT2D eigenvalue weighted by Gasteiger charge is -2.11. The number of halogens is 1. The zero-order chi connectivity index (χ0) is 15.0. The van der Waals surface area contributed by atoms with Crippen molar-refractivity contribution in [2.45, 2.75) is 20.4 Å². The molecule has 0 bridgehead atoms. The van der Waals surface area contributed by atoms with Gasteiger partial charge in [-0.2, -0.15) is 5.10 Å². The van der Waals surface area contributed by atoms with E-state index in [9.17, 15) is 0 Å². The number of anilines is 1. The van der Waals surface area contributed by atoms with Gasteiger partial charge in [0.25, 0.3) is 0 Å². The second kappa shape index (κ2) is 5.37. The smallest absolute Gasteiger partial charge is 0.157 e. The Morgan fingerprint density at radius 3 is 2.86 bits per heavy atom. The van der Waals surface area contributed by atoms with Crippen LogP contribution in [-0.2, 0) is 13.6 Å². The normalized spacial score (nSPS) is 11.0. The summed E-state index contributed by atoms with van der Waals surface area (Å²) < 4.78 is 1.81. The Kier molecular flexibility index (Phi) is 3.55. The topological polar surface area (TPSA) is 42.7 Å². The standard InChI is InChI=1S/C16H17ClN4/c1-10-5-4-6-14(17)15(10)18-8-12-7-13-11(2)20-21(3)16(13)19-9-12/h4-7,9,18H,8H2,1-3H3. The van der Waals surface area contributed by atoms with Gasteiger partial charge in [-0.25, -0.2) is 4.98 Å². The highest BCUT2D eigenvalue weighted by Gasteiger charge is 2.08. The molecule has 0 amide bonds. The van der Waals surface area contributed by atoms with Gasteiger partial charge in [0.05, 0.1) is 16.4 Å². The molecule has 0 fully saturated rings. The van der Waals surface area contributed by atoms with E-state index in [0.29, 0.717) is 6.54 Å². The number of aryl methyl sites for hydroxylation is 3. The molecule has 3 rings (SSSR count). The van der Waals surface area contributed by atoms with Crippen LogP contribution in [0.25, 0.3) is 11.0 Å². The fourth-order valence-corrected chi connectivity index (χ4v) is 2.78. The lowest BCUT2D eigenvalue weighted by atomic mass is 10.1. The number of pyridine rings is 1. The zero-order valence-electron chi connectivity index (χ0n) is 12.3. The van der Waals surface area contributed by atoms with Gasteiger partial charge in [-0.05, 0) is 37.1 Å². The molecule has 0 saturated heterocycles. The van der Waals surface area contributed by atoms with Gasteiger partial charge < -0.3 is 5.32 Å². The largest absolute Gasteiger partial charge is 0.379 e. The average Bonchev–Trinajstić information content (AvgIpc) is 2.73. The van der Waals surface area contributed by atoms with Crippen molar-refractivity contribution >= 4 is 28.3 Å². The van der Waals surface area contributed by atoms with E-state index in [1.165, 1.54) is 0 Å². The SMILES string of the molecule is Cc1cccc(Cl)c1NCc1cnc2c(c1)c(C)nn2C. The Morgan fingerprint density at radius 1 is 1.29 bits per heavy atom. The number of rotatable bonds is 3. The Bertz CT molecular complexity index is 787. The van der Waals surface area contributed by atoms with Gasteiger partial charge in [0.2, 0.25) is 0 Å². The van der Waals surface area contributed by atoms with Crippen molar-refractivity contribution in [3.05, 3.63) is 52.3 Å². The third kappa shape index (κ3) is 2.59. The van der Waals surface area contributed by atoms with Gasteiger partial charge in [-0.3, -0.25) is 4.68 Å². The van der Waals surface area contributed by atoms with Crippen molar-refractivity contribution in [3.8, 4) is 0 Å². The predicted molar refractivity (Wildman–Crippen MR) is 86.8 cm³/mol. The van der Waals surface area contributed by atoms with E-state index < -0.39 is 0 Å². The van der Waals surface area contributed by atoms with Crippen LogP contribution in [0.2, 0.25) is 5.02 Å². The molecule has 2 heterocycles. The zero-order valence-corrected chi connectivity index (χ0v) is 13.1. The molecule has 1 N–H and O–H groups in total. The maximum Gasteiger partial charge on any atom is 0.157 e. The van der Waals surface area contributed by atoms with Gasteiger partial charge >= 0.3 is 0 Å². The van der Waals surface area contributed by atoms with Crippen LogP contribution in [0.15, 0.2) is 30.5 Å². The maximum absolute atomic E-state index is 6.23. The fourth-order valence-electron chi connectivity index (χ4n) is 2.49. The van der Waals surface area contributed by atoms with Crippen molar-refractivity contribution in [1.82, 2.24) is 14.8 Å². The summed E-state index contributed by atoms with van der Waals surface area (Å²) in [6.07, 6.45) is 1.88. The first-order valence-electron chi connectivity index (χ1n) is 6.83. The maximum atomic E-state index is 6.23. The molecule has 2 aromatic heterocycles. The van der Waals surface area contributed by atoms with Crippen molar-refractivity contribution in [2.75, 3.05) is 5.32 Å². The molecule has 4 nitrogen and oxygen atoms in total. The molecule has 0 aliphatic carbocycles. The van der Waals surface area contributed by atoms with E-state index in [4.69, 9.17) is 11.6 Å². The molecule has 0 aliphatic rings. The molecule has 0 atom stereocenters. The van der Waals surface area contributed by atoms with Crippen LogP contribution in [0.4, 0.5) is 5.69 Å². The number of benzene rings is 1. The number of nitrogens with one attached hydrogen (secondary N) is 1. The first-order chi connectivity index (χ1) is 10.1. The van der Waals surface area contributed by atoms with Crippen LogP contribution >= 0.6 is 11.6 Å². The average molecular weight is 301 g/mol. The summed E-state index contributed by atoms with van der Waals surface area (Å²) in [6, 6.07) is 8.02. The van der Waals surface area contributed by atoms with Gasteiger partial charge in [0.1, 0.15) is 0 Å². The Labute approximate surface area is 128 Å². The second-order valence-corrected chi connectivity index (χ2v) is 5.62. The highest BCUT2D eigenvalue weighted by atomic mass is 35.5. The number of fused-ring (bicyclic) bond motifs is 1. The quantitative estimate of drug-likeness (QED) is 0.799. The number of aromatic nitrogens is 3. The fraction of sp³-hybridized carbons (Fsp3) is 0.250. The van der Waals surface area contributed by atoms with Crippen molar-refractivity contribution < 1.29 is 0 Å². The van der Waals surface area contributed by atoms with E-state index in [-0.39, 0.29) is 0 Å². The lowest BCUT2D eigenvalue weighted by Crippen LogP contribution is -2.02. The minimum absolute atomic E-state index is 0.682. The molecule has 0 unspecified atom stereocenters. The summed E-state index contributed by atoms with van der Waals surface area (Å²) in [7, 11) is 1.91. The molecule has 21 heavy (non-hydrogen) atoms. The van der Waals surface area contributed by atoms with Crippen LogP contribution < -0.4 is 5.32 Å². The Hall–Kier alpha value is -2.07. The van der Waals surface area contributed by atoms with E-state index in [0.717, 1.165) is 38.6 Å². The molecule has 0 aliphatic heterocycles. The molecule has 108 valence electrons. The summed E-state index contributed by atoms with van der Waals surface area (Å²) in [4.78, 5) is 4.49. The number of hydrogen-bond donors (Lipinski definition) is 1. The van der Waals surface area contributed by atoms with Gasteiger partial charge in [-0.1, -0.05) is 23.7 Å². The summed E-state index contributed by atoms with van der Waals surface area (Å²) in [5, 5.41) is 9.61. The molecular weight excluding hydrogens is 284 g/mol. The minimum atomic E-state index is 0.682. The molecule has 0 saturated carbocycles. The highest BCUT2D eigenvalue weighted by molar-refractivity contribution is 6.33. The van der Waals surface area contributed by atoms with Crippen LogP contribution in [0.1, 0.15) is 16.8 Å². The van der Waals surface area contributed by atoms with Crippen LogP contribution in [0.3, 0.4) is 0 Å². The molecule has 0 radical (unpaired) electrons. The van der Waals surface area contributed by atoms with E-state index in [1.54, 1.807) is 4.68 Å². The van der Waals surface area contributed by atoms with Gasteiger partial charge in [0, 0.05) is 25.2 Å². The third-order valence-corrected chi connectivity index (χ3v) is 3.93. The number of hydrogen-bond acceptors (Lipinski definition) is 3. The van der Waals surface area contributed by atoms with Crippen molar-refractivity contribution in [3.63, 3.8) is 0 Å². The van der Waals surface area contributed by atoms with Crippen LogP contribution in [0.5, 0.6) is 0 Å². The summed E-state index contributed by atoms with van der Waals surface area (Å²) in [5.74, 6) is 0. The van der Waals surface area contributed by atoms with Gasteiger partial charge in [-0.15, -0.1) is 0 Å². The minimum Gasteiger partial charge on any atom is -0.379 e. The summed E-state index contributed by atoms with van der Waals surface area (Å²) in [5.41, 5.74) is 5.12. The molecular formula is C16H17ClN4. The molecule has 1 aromatic carbocycles. The van der Waals surface area contributed by atoms with Crippen molar-refractivity contribution in [1.29, 1.82) is 0 Å². The monoisotopic (exact) mass is 300 g/mol. The van der Waals surface area contributed by atoms with E-state index in [1.807, 2.05) is 45.3 Å². The summed E-state index contributed by atoms with van der Waals surface area (Å²) >= 11 is 6.23. The van der Waals surface area contributed by atoms with Crippen LogP contribution in [0, 0.1) is 13.8 Å². The van der Waals surface area contributed by atoms with Gasteiger partial charge in [0.15, 0.2) is 5.65 Å². The highest BCUT2D eigenvalue weighted by Crippen LogP contribution is 2.26. The van der Waals surface area contributed by atoms with Crippen LogP contribution in [-0.4, -0.2) is 14.8 Å². The Balaban J connectivity index is 1.87. The molecule has 3 aromatic rings. The second-order valence-electron chi connectivity index (χ2n) is 5.21. The number of nitrogens with zero attached hydrogens (tertiary/aromatic N) is 3. The lowest BCUT2D eigenvalue weighted by molar-refractivity contribution is 0.773. The predicted octanol–water partition coefficient (Wildman–Crippen LogP) is 3.85. The molecule has 0 spiro atoms. The first kappa shape index (κ1) is 13.9. The first-order valence-corrected chi connectivity index (χ1v) is 7.21. The third-order valence-electron chi connectivity index (χ3n) is 3.61. The van der Waals surface area contributed by atoms with Crippen molar-refractivity contribution in [2.24, 2.45) is 7.05 Å². The van der Waals surface area contributed by atoms with E-state index in [2.05, 4.69) is 21.5 Å². The molecule has 5 heteroatoms. The van der Waals surface area contributed by atoms with E-state index >= 15 is 0 Å². The number of para-hydroxylation sites is 1.